The van der Waals surface area contributed by atoms with Crippen molar-refractivity contribution < 1.29 is 59.2 Å². The van der Waals surface area contributed by atoms with Gasteiger partial charge in [0.2, 0.25) is 11.8 Å². The van der Waals surface area contributed by atoms with E-state index in [4.69, 9.17) is 20.1 Å². The summed E-state index contributed by atoms with van der Waals surface area (Å²) in [5.74, 6) is 1.54. The summed E-state index contributed by atoms with van der Waals surface area (Å²) in [6, 6.07) is 0. The van der Waals surface area contributed by atoms with Crippen molar-refractivity contribution in [2.45, 2.75) is 81.8 Å². The van der Waals surface area contributed by atoms with Crippen molar-refractivity contribution in [3.8, 4) is 0 Å². The first kappa shape index (κ1) is 30.2. The second kappa shape index (κ2) is 14.1. The van der Waals surface area contributed by atoms with Crippen LogP contribution in [-0.2, 0) is 28.6 Å². The summed E-state index contributed by atoms with van der Waals surface area (Å²) in [4.78, 5) is 35.4. The van der Waals surface area contributed by atoms with Crippen LogP contribution in [0.3, 0.4) is 0 Å². The van der Waals surface area contributed by atoms with E-state index in [2.05, 4.69) is 5.43 Å². The quantitative estimate of drug-likeness (QED) is 0.0555. The Bertz CT molecular complexity index is 745. The molecule has 0 aromatic heterocycles. The normalized spacial score (nSPS) is 36.7. The van der Waals surface area contributed by atoms with Crippen molar-refractivity contribution in [1.29, 1.82) is 0 Å². The molecule has 0 aromatic rings. The highest BCUT2D eigenvalue weighted by Gasteiger charge is 2.49. The van der Waals surface area contributed by atoms with Crippen LogP contribution in [0.2, 0.25) is 0 Å². The van der Waals surface area contributed by atoms with Gasteiger partial charge in [0.15, 0.2) is 18.7 Å². The molecule has 0 spiro atoms. The van der Waals surface area contributed by atoms with E-state index in [1.807, 2.05) is 10.9 Å². The molecule has 2 saturated heterocycles. The van der Waals surface area contributed by atoms with E-state index < -0.39 is 79.5 Å². The van der Waals surface area contributed by atoms with E-state index in [-0.39, 0.29) is 25.4 Å². The summed E-state index contributed by atoms with van der Waals surface area (Å²) in [6.45, 7) is 0.682. The summed E-state index contributed by atoms with van der Waals surface area (Å²) in [5, 5.41) is 60.3. The van der Waals surface area contributed by atoms with Crippen molar-refractivity contribution in [2.75, 3.05) is 13.2 Å². The van der Waals surface area contributed by atoms with Crippen LogP contribution in [0.5, 0.6) is 0 Å². The number of hydrazine groups is 2. The van der Waals surface area contributed by atoms with Crippen molar-refractivity contribution in [2.24, 2.45) is 17.7 Å². The highest BCUT2D eigenvalue weighted by molar-refractivity contribution is 5.85. The van der Waals surface area contributed by atoms with E-state index in [9.17, 15) is 45.0 Å². The second-order valence-corrected chi connectivity index (χ2v) is 8.80. The third kappa shape index (κ3) is 7.75. The average Bonchev–Trinajstić information content (AvgIpc) is 2.86. The Hall–Kier alpha value is -1.99. The fraction of sp³-hybridized carbons (Fsp3) is 0.850. The smallest absolute Gasteiger partial charge is 0.270 e. The highest BCUT2D eigenvalue weighted by Crippen LogP contribution is 2.31. The number of nitrogens with one attached hydrogen (secondary N) is 3. The number of hydrogen-bond donors (Lipinski definition) is 10. The Morgan fingerprint density at radius 3 is 2.14 bits per heavy atom. The number of carbonyl (C=O) groups is 3. The lowest BCUT2D eigenvalue weighted by atomic mass is 9.84. The molecule has 2 aliphatic heterocycles. The zero-order valence-electron chi connectivity index (χ0n) is 19.7. The topological polar surface area (TPSA) is 262 Å². The molecule has 16 nitrogen and oxygen atoms in total. The van der Waals surface area contributed by atoms with Gasteiger partial charge in [-0.05, 0) is 12.8 Å². The second-order valence-electron chi connectivity index (χ2n) is 8.80. The predicted octanol–water partition coefficient (Wildman–Crippen LogP) is -5.17. The molecule has 0 saturated carbocycles. The van der Waals surface area contributed by atoms with Gasteiger partial charge in [0, 0.05) is 24.7 Å². The number of ether oxygens (including phenoxy) is 3. The fourth-order valence-electron chi connectivity index (χ4n) is 3.90. The van der Waals surface area contributed by atoms with E-state index in [0.717, 1.165) is 0 Å². The molecule has 0 aliphatic carbocycles. The number of amides is 3. The SMILES string of the molecule is CC1C(CO[C@@H]2OC(C(=O)NNC(=O)CCCCC(=O)NN)[C@@H](O)C(O)C2O)[C@H](O)C(CO)O[C@H]1O. The first-order chi connectivity index (χ1) is 17.0. The molecule has 0 bridgehead atoms. The van der Waals surface area contributed by atoms with E-state index in [0.29, 0.717) is 12.8 Å². The maximum absolute atomic E-state index is 12.5. The third-order valence-electron chi connectivity index (χ3n) is 6.26. The lowest BCUT2D eigenvalue weighted by Crippen LogP contribution is -2.63. The van der Waals surface area contributed by atoms with Gasteiger partial charge >= 0.3 is 0 Å². The number of aliphatic hydroxyl groups is 6. The van der Waals surface area contributed by atoms with Crippen LogP contribution >= 0.6 is 0 Å². The minimum absolute atomic E-state index is 0.0222. The number of carbonyl (C=O) groups excluding carboxylic acids is 3. The maximum atomic E-state index is 12.5. The first-order valence-corrected chi connectivity index (χ1v) is 11.5. The number of aliphatic hydroxyl groups excluding tert-OH is 6. The fourth-order valence-corrected chi connectivity index (χ4v) is 3.90. The molecule has 10 atom stereocenters. The van der Waals surface area contributed by atoms with Gasteiger partial charge in [0.1, 0.15) is 24.4 Å². The minimum atomic E-state index is -1.86. The Labute approximate surface area is 206 Å². The molecule has 2 heterocycles. The van der Waals surface area contributed by atoms with Gasteiger partial charge in [-0.2, -0.15) is 0 Å². The molecule has 36 heavy (non-hydrogen) atoms. The molecule has 0 radical (unpaired) electrons. The zero-order chi connectivity index (χ0) is 27.0. The van der Waals surface area contributed by atoms with Crippen LogP contribution in [0.15, 0.2) is 0 Å². The molecular formula is C20H36N4O12. The van der Waals surface area contributed by atoms with Crippen LogP contribution < -0.4 is 22.1 Å². The summed E-state index contributed by atoms with van der Waals surface area (Å²) >= 11 is 0. The van der Waals surface area contributed by atoms with Crippen LogP contribution in [0, 0.1) is 11.8 Å². The maximum Gasteiger partial charge on any atom is 0.270 e. The summed E-state index contributed by atoms with van der Waals surface area (Å²) in [6.07, 6.45) is -11.6. The molecule has 16 heteroatoms. The van der Waals surface area contributed by atoms with Crippen LogP contribution in [0.4, 0.5) is 0 Å². The minimum Gasteiger partial charge on any atom is -0.394 e. The Morgan fingerprint density at radius 2 is 1.53 bits per heavy atom. The van der Waals surface area contributed by atoms with Gasteiger partial charge in [-0.15, -0.1) is 0 Å². The van der Waals surface area contributed by atoms with Gasteiger partial charge in [0.25, 0.3) is 5.91 Å². The molecule has 208 valence electrons. The molecule has 11 N–H and O–H groups in total. The van der Waals surface area contributed by atoms with Crippen molar-refractivity contribution in [3.05, 3.63) is 0 Å². The number of rotatable bonds is 10. The van der Waals surface area contributed by atoms with Gasteiger partial charge in [-0.1, -0.05) is 6.92 Å². The largest absolute Gasteiger partial charge is 0.394 e. The monoisotopic (exact) mass is 524 g/mol. The number of nitrogens with two attached hydrogens (primary N) is 1. The molecule has 3 amide bonds. The van der Waals surface area contributed by atoms with Crippen molar-refractivity contribution in [1.82, 2.24) is 16.3 Å². The Kier molecular flexibility index (Phi) is 11.8. The molecule has 0 aromatic carbocycles. The van der Waals surface area contributed by atoms with Crippen molar-refractivity contribution in [3.63, 3.8) is 0 Å². The highest BCUT2D eigenvalue weighted by atomic mass is 16.7. The van der Waals surface area contributed by atoms with Gasteiger partial charge in [-0.3, -0.25) is 30.7 Å². The zero-order valence-corrected chi connectivity index (χ0v) is 19.7. The molecule has 2 fully saturated rings. The first-order valence-electron chi connectivity index (χ1n) is 11.5. The Morgan fingerprint density at radius 1 is 0.889 bits per heavy atom. The van der Waals surface area contributed by atoms with E-state index in [1.54, 1.807) is 6.92 Å². The average molecular weight is 525 g/mol. The standard InChI is InChI=1S/C20H36N4O12/c1-8-9(13(28)10(6-25)35-19(8)33)7-34-20-16(31)14(29)15(30)17(36-20)18(32)24-23-12(27)5-3-2-4-11(26)22-21/h8-10,13-17,19-20,25,28-31,33H,2-7,21H2,1H3,(H,22,26)(H,23,27)(H,24,32)/t8?,9?,10?,13-,14?,15-,16?,17?,19+,20+/m0/s1. The molecule has 6 unspecified atom stereocenters. The third-order valence-corrected chi connectivity index (χ3v) is 6.26. The Balaban J connectivity index is 1.89. The lowest BCUT2D eigenvalue weighted by molar-refractivity contribution is -0.306. The lowest BCUT2D eigenvalue weighted by Gasteiger charge is -2.43. The summed E-state index contributed by atoms with van der Waals surface area (Å²) in [5.41, 5.74) is 6.13. The predicted molar refractivity (Wildman–Crippen MR) is 116 cm³/mol. The van der Waals surface area contributed by atoms with Gasteiger partial charge < -0.3 is 44.8 Å². The van der Waals surface area contributed by atoms with E-state index in [1.165, 1.54) is 0 Å². The summed E-state index contributed by atoms with van der Waals surface area (Å²) < 4.78 is 15.9. The van der Waals surface area contributed by atoms with Gasteiger partial charge in [0.05, 0.1) is 19.3 Å². The van der Waals surface area contributed by atoms with Crippen molar-refractivity contribution >= 4 is 17.7 Å². The van der Waals surface area contributed by atoms with Crippen LogP contribution in [0.25, 0.3) is 0 Å². The number of hydrogen-bond acceptors (Lipinski definition) is 13. The number of unbranched alkanes of at least 4 members (excludes halogenated alkanes) is 1. The summed E-state index contributed by atoms with van der Waals surface area (Å²) in [7, 11) is 0. The van der Waals surface area contributed by atoms with Crippen LogP contribution in [-0.4, -0.2) is 111 Å². The molecular weight excluding hydrogens is 488 g/mol. The molecule has 2 aliphatic rings. The molecule has 2 rings (SSSR count). The van der Waals surface area contributed by atoms with Gasteiger partial charge in [-0.25, -0.2) is 5.84 Å². The van der Waals surface area contributed by atoms with Crippen LogP contribution in [0.1, 0.15) is 32.6 Å². The van der Waals surface area contributed by atoms with E-state index >= 15 is 0 Å².